The van der Waals surface area contributed by atoms with Crippen molar-refractivity contribution in [3.63, 3.8) is 0 Å². The van der Waals surface area contributed by atoms with E-state index in [1.807, 2.05) is 28.5 Å². The second-order valence-electron chi connectivity index (χ2n) is 12.1. The normalized spacial score (nSPS) is 23.4. The minimum Gasteiger partial charge on any atom is -0.481 e. The van der Waals surface area contributed by atoms with Gasteiger partial charge in [-0.25, -0.2) is 0 Å². The number of nitrogens with zero attached hydrogens (tertiary/aromatic N) is 3. The number of aliphatic hydroxyl groups is 1. The van der Waals surface area contributed by atoms with Gasteiger partial charge in [0.1, 0.15) is 0 Å². The van der Waals surface area contributed by atoms with Crippen LogP contribution in [0.3, 0.4) is 0 Å². The highest BCUT2D eigenvalue weighted by atomic mass is 16.7. The van der Waals surface area contributed by atoms with Crippen LogP contribution in [0.4, 0.5) is 0 Å². The maximum Gasteiger partial charge on any atom is 0.308 e. The molecule has 3 aliphatic heterocycles. The van der Waals surface area contributed by atoms with Gasteiger partial charge in [0, 0.05) is 55.7 Å². The number of likely N-dealkylation sites (tertiary alicyclic amines) is 2. The molecule has 3 atom stereocenters. The van der Waals surface area contributed by atoms with Gasteiger partial charge in [0.15, 0.2) is 11.5 Å². The fourth-order valence-electron chi connectivity index (χ4n) is 6.45. The maximum atomic E-state index is 13.6. The lowest BCUT2D eigenvalue weighted by molar-refractivity contribution is -0.144. The number of carbonyl (C=O) groups is 3. The van der Waals surface area contributed by atoms with E-state index in [9.17, 15) is 24.6 Å². The van der Waals surface area contributed by atoms with Crippen molar-refractivity contribution >= 4 is 17.8 Å². The second-order valence-corrected chi connectivity index (χ2v) is 12.1. The molecule has 2 fully saturated rings. The van der Waals surface area contributed by atoms with E-state index in [0.717, 1.165) is 24.8 Å². The van der Waals surface area contributed by atoms with E-state index in [2.05, 4.69) is 6.92 Å². The molecule has 0 aromatic heterocycles. The van der Waals surface area contributed by atoms with Gasteiger partial charge in [0.2, 0.25) is 18.6 Å². The van der Waals surface area contributed by atoms with Gasteiger partial charge in [-0.3, -0.25) is 19.3 Å². The summed E-state index contributed by atoms with van der Waals surface area (Å²) in [4.78, 5) is 45.1. The molecule has 11 nitrogen and oxygen atoms in total. The van der Waals surface area contributed by atoms with Crippen molar-refractivity contribution < 1.29 is 34.1 Å². The number of carbonyl (C=O) groups excluding carboxylic acids is 2. The molecule has 4 rings (SSSR count). The smallest absolute Gasteiger partial charge is 0.308 e. The third kappa shape index (κ3) is 6.79. The van der Waals surface area contributed by atoms with Crippen LogP contribution in [0.25, 0.3) is 0 Å². The number of aliphatic hydroxyl groups excluding tert-OH is 1. The lowest BCUT2D eigenvalue weighted by Gasteiger charge is -2.31. The summed E-state index contributed by atoms with van der Waals surface area (Å²) in [5.74, 6) is -1.19. The third-order valence-corrected chi connectivity index (χ3v) is 8.88. The van der Waals surface area contributed by atoms with E-state index >= 15 is 0 Å². The Balaban J connectivity index is 1.63. The molecule has 0 aliphatic carbocycles. The van der Waals surface area contributed by atoms with Crippen molar-refractivity contribution in [2.24, 2.45) is 17.1 Å². The summed E-state index contributed by atoms with van der Waals surface area (Å²) in [7, 11) is 0. The first kappa shape index (κ1) is 31.1. The molecule has 11 heteroatoms. The number of carboxylic acid groups (broad SMARTS) is 1. The minimum absolute atomic E-state index is 0.0400. The average Bonchev–Trinajstić information content (AvgIpc) is 3.63. The first-order chi connectivity index (χ1) is 19.6. The van der Waals surface area contributed by atoms with Crippen LogP contribution in [0, 0.1) is 11.3 Å². The Morgan fingerprint density at radius 1 is 1.20 bits per heavy atom. The minimum atomic E-state index is -0.947. The molecule has 2 saturated heterocycles. The van der Waals surface area contributed by atoms with Crippen molar-refractivity contribution in [1.82, 2.24) is 14.7 Å². The molecular weight excluding hydrogens is 528 g/mol. The number of aliphatic carboxylic acids is 1. The predicted molar refractivity (Wildman–Crippen MR) is 152 cm³/mol. The first-order valence-corrected chi connectivity index (χ1v) is 14.9. The van der Waals surface area contributed by atoms with E-state index < -0.39 is 29.3 Å². The summed E-state index contributed by atoms with van der Waals surface area (Å²) in [6.45, 7) is 8.96. The summed E-state index contributed by atoms with van der Waals surface area (Å²) in [5, 5.41) is 20.5. The van der Waals surface area contributed by atoms with Crippen molar-refractivity contribution in [1.29, 1.82) is 0 Å². The Bertz CT molecular complexity index is 1100. The fraction of sp³-hybridized carbons (Fsp3) is 0.700. The van der Waals surface area contributed by atoms with E-state index in [1.54, 1.807) is 12.1 Å². The van der Waals surface area contributed by atoms with Crippen molar-refractivity contribution in [2.45, 2.75) is 71.4 Å². The largest absolute Gasteiger partial charge is 0.481 e. The number of ether oxygens (including phenoxy) is 2. The zero-order chi connectivity index (χ0) is 29.7. The number of hydrogen-bond acceptors (Lipinski definition) is 8. The number of amides is 2. The van der Waals surface area contributed by atoms with Gasteiger partial charge in [-0.1, -0.05) is 27.2 Å². The molecule has 4 N–H and O–H groups in total. The monoisotopic (exact) mass is 574 g/mol. The maximum absolute atomic E-state index is 13.6. The third-order valence-electron chi connectivity index (χ3n) is 8.88. The van der Waals surface area contributed by atoms with Gasteiger partial charge in [-0.15, -0.1) is 0 Å². The molecule has 1 aromatic carbocycles. The van der Waals surface area contributed by atoms with Crippen LogP contribution in [0.15, 0.2) is 12.1 Å². The number of unbranched alkanes of at least 4 members (excludes halogenated alkanes) is 1. The zero-order valence-corrected chi connectivity index (χ0v) is 24.6. The topological polar surface area (TPSA) is 146 Å². The van der Waals surface area contributed by atoms with Gasteiger partial charge in [0.25, 0.3) is 0 Å². The van der Waals surface area contributed by atoms with Crippen LogP contribution < -0.4 is 15.2 Å². The van der Waals surface area contributed by atoms with Gasteiger partial charge in [-0.2, -0.15) is 0 Å². The van der Waals surface area contributed by atoms with Gasteiger partial charge in [0.05, 0.1) is 19.1 Å². The molecule has 2 amide bonds. The predicted octanol–water partition coefficient (Wildman–Crippen LogP) is 2.00. The summed E-state index contributed by atoms with van der Waals surface area (Å²) >= 11 is 0. The highest BCUT2D eigenvalue weighted by molar-refractivity contribution is 5.84. The van der Waals surface area contributed by atoms with E-state index in [1.165, 1.54) is 0 Å². The standard InChI is InChI=1S/C30H46N4O7/c1-4-5-10-32(11-6-9-31)25(36)17-34-16-22(20-14-21(18-35)27-24(15-20)40-19-41-27)26(28(37)38)23(34)7-12-33-13-8-30(2,3)29(33)39/h14-15,22-23,26,35H,4-13,16-19,31H2,1-3H3,(H,37,38)/t22-,23+,26-/m1/s1. The summed E-state index contributed by atoms with van der Waals surface area (Å²) in [6.07, 6.45) is 3.75. The number of rotatable bonds is 14. The number of benzene rings is 1. The van der Waals surface area contributed by atoms with Gasteiger partial charge in [-0.05, 0) is 49.9 Å². The molecule has 3 heterocycles. The van der Waals surface area contributed by atoms with Crippen LogP contribution >= 0.6 is 0 Å². The Morgan fingerprint density at radius 2 is 1.95 bits per heavy atom. The fourth-order valence-corrected chi connectivity index (χ4v) is 6.45. The number of hydrogen-bond donors (Lipinski definition) is 3. The molecule has 41 heavy (non-hydrogen) atoms. The Kier molecular flexibility index (Phi) is 10.1. The van der Waals surface area contributed by atoms with Gasteiger partial charge >= 0.3 is 5.97 Å². The van der Waals surface area contributed by atoms with Crippen molar-refractivity contribution in [3.8, 4) is 11.5 Å². The molecule has 0 saturated carbocycles. The average molecular weight is 575 g/mol. The van der Waals surface area contributed by atoms with Crippen LogP contribution in [0.5, 0.6) is 11.5 Å². The molecule has 1 aromatic rings. The highest BCUT2D eigenvalue weighted by Crippen LogP contribution is 2.45. The SMILES string of the molecule is CCCCN(CCCN)C(=O)CN1C[C@H](c2cc(CO)c3c(c2)OCO3)[C@@H](C(=O)O)[C@@H]1CCN1CCC(C)(C)C1=O. The first-order valence-electron chi connectivity index (χ1n) is 14.9. The van der Waals surface area contributed by atoms with E-state index in [4.69, 9.17) is 15.2 Å². The Morgan fingerprint density at radius 3 is 2.59 bits per heavy atom. The lowest BCUT2D eigenvalue weighted by Crippen LogP contribution is -2.46. The zero-order valence-electron chi connectivity index (χ0n) is 24.6. The Hall–Kier alpha value is -2.89. The molecule has 0 radical (unpaired) electrons. The van der Waals surface area contributed by atoms with Gasteiger partial charge < -0.3 is 35.2 Å². The molecule has 0 spiro atoms. The quantitative estimate of drug-likeness (QED) is 0.304. The van der Waals surface area contributed by atoms with E-state index in [-0.39, 0.29) is 31.8 Å². The molecule has 0 bridgehead atoms. The Labute approximate surface area is 242 Å². The summed E-state index contributed by atoms with van der Waals surface area (Å²) in [5.41, 5.74) is 6.59. The van der Waals surface area contributed by atoms with Crippen LogP contribution in [0.1, 0.15) is 69.9 Å². The second kappa shape index (κ2) is 13.4. The highest BCUT2D eigenvalue weighted by Gasteiger charge is 2.48. The number of nitrogens with two attached hydrogens (primary N) is 1. The molecular formula is C30H46N4O7. The molecule has 3 aliphatic rings. The summed E-state index contributed by atoms with van der Waals surface area (Å²) in [6, 6.07) is 3.13. The summed E-state index contributed by atoms with van der Waals surface area (Å²) < 4.78 is 11.1. The van der Waals surface area contributed by atoms with E-state index in [0.29, 0.717) is 69.2 Å². The number of carboxylic acids is 1. The van der Waals surface area contributed by atoms with Crippen LogP contribution in [0.2, 0.25) is 0 Å². The van der Waals surface area contributed by atoms with Crippen molar-refractivity contribution in [3.05, 3.63) is 23.3 Å². The van der Waals surface area contributed by atoms with Crippen LogP contribution in [-0.4, -0.2) is 101 Å². The molecule has 0 unspecified atom stereocenters. The molecule has 228 valence electrons. The van der Waals surface area contributed by atoms with Crippen molar-refractivity contribution in [2.75, 3.05) is 52.6 Å². The number of fused-ring (bicyclic) bond motifs is 1. The van der Waals surface area contributed by atoms with Crippen LogP contribution in [-0.2, 0) is 21.0 Å². The lowest BCUT2D eigenvalue weighted by atomic mass is 9.83.